The van der Waals surface area contributed by atoms with Gasteiger partial charge in [-0.15, -0.1) is 0 Å². The standard InChI is InChI=1S/C13H18BrNO/c1-15-7-3-5-11(9-15)13(16)10-4-2-6-12(14)8-10/h2,4,6,8,11,13,16H,3,5,7,9H2,1H3. The summed E-state index contributed by atoms with van der Waals surface area (Å²) in [6.07, 6.45) is 1.98. The van der Waals surface area contributed by atoms with Crippen LogP contribution in [0.3, 0.4) is 0 Å². The van der Waals surface area contributed by atoms with Crippen molar-refractivity contribution in [1.29, 1.82) is 0 Å². The molecule has 1 saturated heterocycles. The summed E-state index contributed by atoms with van der Waals surface area (Å²) in [6.45, 7) is 2.15. The number of nitrogens with zero attached hydrogens (tertiary/aromatic N) is 1. The Morgan fingerprint density at radius 1 is 1.50 bits per heavy atom. The Hall–Kier alpha value is -0.380. The van der Waals surface area contributed by atoms with Crippen LogP contribution in [0.15, 0.2) is 28.7 Å². The highest BCUT2D eigenvalue weighted by atomic mass is 79.9. The van der Waals surface area contributed by atoms with Crippen LogP contribution >= 0.6 is 15.9 Å². The lowest BCUT2D eigenvalue weighted by molar-refractivity contribution is 0.0592. The number of hydrogen-bond donors (Lipinski definition) is 1. The Balaban J connectivity index is 2.09. The van der Waals surface area contributed by atoms with Crippen LogP contribution in [0.2, 0.25) is 0 Å². The number of halogens is 1. The molecule has 0 aliphatic carbocycles. The maximum Gasteiger partial charge on any atom is 0.0830 e. The van der Waals surface area contributed by atoms with Crippen molar-refractivity contribution in [2.75, 3.05) is 20.1 Å². The lowest BCUT2D eigenvalue weighted by Gasteiger charge is -2.32. The van der Waals surface area contributed by atoms with Crippen LogP contribution in [0.1, 0.15) is 24.5 Å². The first-order valence-electron chi connectivity index (χ1n) is 5.79. The molecule has 0 aromatic heterocycles. The lowest BCUT2D eigenvalue weighted by Crippen LogP contribution is -2.35. The van der Waals surface area contributed by atoms with E-state index in [9.17, 15) is 5.11 Å². The second kappa shape index (κ2) is 5.30. The van der Waals surface area contributed by atoms with E-state index in [0.29, 0.717) is 5.92 Å². The van der Waals surface area contributed by atoms with E-state index >= 15 is 0 Å². The Kier molecular flexibility index (Phi) is 4.00. The molecule has 1 aliphatic heterocycles. The summed E-state index contributed by atoms with van der Waals surface area (Å²) in [5.74, 6) is 0.369. The van der Waals surface area contributed by atoms with Gasteiger partial charge in [-0.1, -0.05) is 28.1 Å². The number of benzene rings is 1. The van der Waals surface area contributed by atoms with Gasteiger partial charge in [0.05, 0.1) is 6.10 Å². The molecule has 0 spiro atoms. The molecule has 2 nitrogen and oxygen atoms in total. The van der Waals surface area contributed by atoms with Crippen LogP contribution in [-0.2, 0) is 0 Å². The monoisotopic (exact) mass is 283 g/mol. The maximum atomic E-state index is 10.3. The molecule has 0 radical (unpaired) electrons. The van der Waals surface area contributed by atoms with Gasteiger partial charge in [-0.05, 0) is 44.1 Å². The minimum Gasteiger partial charge on any atom is -0.388 e. The second-order valence-corrected chi connectivity index (χ2v) is 5.58. The third kappa shape index (κ3) is 2.84. The number of hydrogen-bond acceptors (Lipinski definition) is 2. The summed E-state index contributed by atoms with van der Waals surface area (Å²) in [5, 5.41) is 10.3. The molecule has 2 atom stereocenters. The van der Waals surface area contributed by atoms with E-state index in [1.54, 1.807) is 0 Å². The van der Waals surface area contributed by atoms with Crippen molar-refractivity contribution in [3.63, 3.8) is 0 Å². The summed E-state index contributed by atoms with van der Waals surface area (Å²) in [4.78, 5) is 2.30. The van der Waals surface area contributed by atoms with Gasteiger partial charge < -0.3 is 10.0 Å². The fraction of sp³-hybridized carbons (Fsp3) is 0.538. The summed E-state index contributed by atoms with van der Waals surface area (Å²) in [7, 11) is 2.12. The van der Waals surface area contributed by atoms with Crippen LogP contribution in [-0.4, -0.2) is 30.1 Å². The first-order chi connectivity index (χ1) is 7.66. The van der Waals surface area contributed by atoms with E-state index in [-0.39, 0.29) is 6.10 Å². The Morgan fingerprint density at radius 3 is 3.00 bits per heavy atom. The maximum absolute atomic E-state index is 10.3. The smallest absolute Gasteiger partial charge is 0.0830 e. The van der Waals surface area contributed by atoms with E-state index in [2.05, 4.69) is 27.9 Å². The van der Waals surface area contributed by atoms with Crippen molar-refractivity contribution in [1.82, 2.24) is 4.90 Å². The van der Waals surface area contributed by atoms with E-state index in [1.807, 2.05) is 24.3 Å². The van der Waals surface area contributed by atoms with Crippen LogP contribution in [0.25, 0.3) is 0 Å². The molecule has 88 valence electrons. The van der Waals surface area contributed by atoms with Crippen molar-refractivity contribution >= 4 is 15.9 Å². The van der Waals surface area contributed by atoms with E-state index in [1.165, 1.54) is 6.42 Å². The zero-order chi connectivity index (χ0) is 11.5. The minimum atomic E-state index is -0.333. The van der Waals surface area contributed by atoms with Crippen molar-refractivity contribution in [3.8, 4) is 0 Å². The van der Waals surface area contributed by atoms with Gasteiger partial charge >= 0.3 is 0 Å². The van der Waals surface area contributed by atoms with Gasteiger partial charge in [0.15, 0.2) is 0 Å². The molecule has 1 fully saturated rings. The van der Waals surface area contributed by atoms with E-state index < -0.39 is 0 Å². The zero-order valence-corrected chi connectivity index (χ0v) is 11.2. The number of aliphatic hydroxyl groups is 1. The van der Waals surface area contributed by atoms with Crippen LogP contribution in [0, 0.1) is 5.92 Å². The van der Waals surface area contributed by atoms with Gasteiger partial charge in [0.2, 0.25) is 0 Å². The Labute approximate surface area is 105 Å². The molecule has 0 amide bonds. The van der Waals surface area contributed by atoms with Gasteiger partial charge in [-0.2, -0.15) is 0 Å². The van der Waals surface area contributed by atoms with Gasteiger partial charge in [-0.25, -0.2) is 0 Å². The largest absolute Gasteiger partial charge is 0.388 e. The minimum absolute atomic E-state index is 0.333. The topological polar surface area (TPSA) is 23.5 Å². The van der Waals surface area contributed by atoms with Gasteiger partial charge in [0, 0.05) is 16.9 Å². The molecular weight excluding hydrogens is 266 g/mol. The lowest BCUT2D eigenvalue weighted by atomic mass is 9.89. The molecule has 1 aromatic rings. The van der Waals surface area contributed by atoms with Crippen molar-refractivity contribution in [2.24, 2.45) is 5.92 Å². The van der Waals surface area contributed by atoms with Crippen molar-refractivity contribution < 1.29 is 5.11 Å². The molecule has 1 heterocycles. The first-order valence-corrected chi connectivity index (χ1v) is 6.58. The number of piperidine rings is 1. The normalized spacial score (nSPS) is 24.3. The van der Waals surface area contributed by atoms with Crippen molar-refractivity contribution in [3.05, 3.63) is 34.3 Å². The number of likely N-dealkylation sites (tertiary alicyclic amines) is 1. The van der Waals surface area contributed by atoms with Crippen LogP contribution < -0.4 is 0 Å². The molecule has 1 aliphatic rings. The highest BCUT2D eigenvalue weighted by molar-refractivity contribution is 9.10. The molecule has 2 unspecified atom stereocenters. The van der Waals surface area contributed by atoms with Gasteiger partial charge in [0.1, 0.15) is 0 Å². The van der Waals surface area contributed by atoms with E-state index in [0.717, 1.165) is 29.5 Å². The molecule has 3 heteroatoms. The number of aliphatic hydroxyl groups excluding tert-OH is 1. The van der Waals surface area contributed by atoms with Gasteiger partial charge in [0.25, 0.3) is 0 Å². The molecule has 1 N–H and O–H groups in total. The molecule has 0 saturated carbocycles. The number of rotatable bonds is 2. The highest BCUT2D eigenvalue weighted by Gasteiger charge is 2.25. The SMILES string of the molecule is CN1CCCC(C(O)c2cccc(Br)c2)C1. The first kappa shape index (κ1) is 12.1. The van der Waals surface area contributed by atoms with Crippen LogP contribution in [0.5, 0.6) is 0 Å². The summed E-state index contributed by atoms with van der Waals surface area (Å²) in [6, 6.07) is 7.99. The fourth-order valence-electron chi connectivity index (χ4n) is 2.43. The van der Waals surface area contributed by atoms with Crippen molar-refractivity contribution in [2.45, 2.75) is 18.9 Å². The quantitative estimate of drug-likeness (QED) is 0.902. The predicted molar refractivity (Wildman–Crippen MR) is 69.3 cm³/mol. The highest BCUT2D eigenvalue weighted by Crippen LogP contribution is 2.30. The molecule has 16 heavy (non-hydrogen) atoms. The molecule has 2 rings (SSSR count). The Morgan fingerprint density at radius 2 is 2.31 bits per heavy atom. The third-order valence-electron chi connectivity index (χ3n) is 3.30. The van der Waals surface area contributed by atoms with E-state index in [4.69, 9.17) is 0 Å². The fourth-order valence-corrected chi connectivity index (χ4v) is 2.84. The second-order valence-electron chi connectivity index (χ2n) is 4.66. The summed E-state index contributed by atoms with van der Waals surface area (Å²) < 4.78 is 1.04. The summed E-state index contributed by atoms with van der Waals surface area (Å²) >= 11 is 3.44. The predicted octanol–water partition coefficient (Wildman–Crippen LogP) is 2.82. The zero-order valence-electron chi connectivity index (χ0n) is 9.56. The summed E-state index contributed by atoms with van der Waals surface area (Å²) in [5.41, 5.74) is 1.02. The molecule has 1 aromatic carbocycles. The Bertz CT molecular complexity index is 356. The average molecular weight is 284 g/mol. The van der Waals surface area contributed by atoms with Crippen LogP contribution in [0.4, 0.5) is 0 Å². The molecular formula is C13H18BrNO. The average Bonchev–Trinajstić information content (AvgIpc) is 2.28. The molecule has 0 bridgehead atoms. The third-order valence-corrected chi connectivity index (χ3v) is 3.79. The van der Waals surface area contributed by atoms with Gasteiger partial charge in [-0.3, -0.25) is 0 Å².